The zero-order chi connectivity index (χ0) is 16.3. The number of nitrogens with two attached hydrogens (primary N) is 2. The maximum Gasteiger partial charge on any atom is 0.146 e. The third-order valence-electron chi connectivity index (χ3n) is 3.77. The summed E-state index contributed by atoms with van der Waals surface area (Å²) in [7, 11) is -1.47. The minimum absolute atomic E-state index is 0.0894. The molecule has 4 nitrogen and oxygen atoms in total. The summed E-state index contributed by atoms with van der Waals surface area (Å²) in [5, 5.41) is 5.60. The van der Waals surface area contributed by atoms with Crippen LogP contribution in [0.1, 0.15) is 37.3 Å². The second kappa shape index (κ2) is 6.54. The first-order valence-corrected chi connectivity index (χ1v) is 8.13. The van der Waals surface area contributed by atoms with Crippen molar-refractivity contribution in [2.24, 2.45) is 5.14 Å². The fourth-order valence-electron chi connectivity index (χ4n) is 2.38. The number of aromatic nitrogens is 1. The molecule has 4 N–H and O–H groups in total. The Bertz CT molecular complexity index is 676. The van der Waals surface area contributed by atoms with Crippen LogP contribution in [0.4, 0.5) is 10.1 Å². The molecule has 2 atom stereocenters. The second-order valence-corrected chi connectivity index (χ2v) is 7.58. The first-order chi connectivity index (χ1) is 10.3. The minimum Gasteiger partial charge on any atom is -0.396 e. The van der Waals surface area contributed by atoms with Gasteiger partial charge in [0, 0.05) is 18.3 Å². The highest BCUT2D eigenvalue weighted by molar-refractivity contribution is 7.84. The van der Waals surface area contributed by atoms with Gasteiger partial charge >= 0.3 is 0 Å². The zero-order valence-corrected chi connectivity index (χ0v) is 13.4. The number of nitrogens with zero attached hydrogens (tertiary/aromatic N) is 1. The van der Waals surface area contributed by atoms with E-state index in [-0.39, 0.29) is 11.6 Å². The van der Waals surface area contributed by atoms with Crippen molar-refractivity contribution in [1.29, 1.82) is 0 Å². The van der Waals surface area contributed by atoms with Crippen molar-refractivity contribution in [3.8, 4) is 0 Å². The van der Waals surface area contributed by atoms with Crippen LogP contribution in [0.5, 0.6) is 0 Å². The number of hydrogen-bond donors (Lipinski definition) is 2. The van der Waals surface area contributed by atoms with Gasteiger partial charge in [-0.1, -0.05) is 6.07 Å². The first-order valence-electron chi connectivity index (χ1n) is 6.92. The van der Waals surface area contributed by atoms with E-state index in [9.17, 15) is 8.60 Å². The molecule has 0 aliphatic rings. The molecule has 0 spiro atoms. The normalized spacial score (nSPS) is 14.5. The Morgan fingerprint density at radius 1 is 1.23 bits per heavy atom. The summed E-state index contributed by atoms with van der Waals surface area (Å²) in [6.45, 7) is 3.70. The van der Waals surface area contributed by atoms with E-state index in [1.54, 1.807) is 24.5 Å². The molecule has 2 aromatic rings. The highest BCUT2D eigenvalue weighted by Gasteiger charge is 2.29. The van der Waals surface area contributed by atoms with Crippen LogP contribution in [0.25, 0.3) is 0 Å². The molecule has 0 amide bonds. The average molecular weight is 321 g/mol. The first kappa shape index (κ1) is 16.6. The van der Waals surface area contributed by atoms with E-state index in [4.69, 9.17) is 10.9 Å². The van der Waals surface area contributed by atoms with Gasteiger partial charge in [0.1, 0.15) is 5.82 Å². The molecule has 1 heterocycles. The van der Waals surface area contributed by atoms with Gasteiger partial charge in [-0.15, -0.1) is 0 Å². The molecule has 2 rings (SSSR count). The summed E-state index contributed by atoms with van der Waals surface area (Å²) >= 11 is 0. The van der Waals surface area contributed by atoms with Crippen molar-refractivity contribution in [2.75, 3.05) is 5.73 Å². The van der Waals surface area contributed by atoms with Crippen LogP contribution in [-0.2, 0) is 11.0 Å². The monoisotopic (exact) mass is 321 g/mol. The molecule has 1 unspecified atom stereocenters. The second-order valence-electron chi connectivity index (χ2n) is 5.88. The molecule has 22 heavy (non-hydrogen) atoms. The Kier molecular flexibility index (Phi) is 4.93. The molecular weight excluding hydrogens is 301 g/mol. The number of nitrogen functional groups attached to an aromatic ring is 1. The lowest BCUT2D eigenvalue weighted by Gasteiger charge is -2.28. The molecule has 0 saturated heterocycles. The highest BCUT2D eigenvalue weighted by Crippen LogP contribution is 2.35. The molecule has 0 radical (unpaired) electrons. The van der Waals surface area contributed by atoms with Gasteiger partial charge in [-0.25, -0.2) is 8.60 Å². The Morgan fingerprint density at radius 2 is 1.86 bits per heavy atom. The van der Waals surface area contributed by atoms with E-state index in [1.165, 1.54) is 6.07 Å². The largest absolute Gasteiger partial charge is 0.396 e. The fourth-order valence-corrected chi connectivity index (χ4v) is 2.71. The molecule has 0 bridgehead atoms. The topological polar surface area (TPSA) is 82.0 Å². The average Bonchev–Trinajstić information content (AvgIpc) is 2.48. The summed E-state index contributed by atoms with van der Waals surface area (Å²) in [5.41, 5.74) is 7.65. The smallest absolute Gasteiger partial charge is 0.146 e. The van der Waals surface area contributed by atoms with Gasteiger partial charge < -0.3 is 5.73 Å². The zero-order valence-electron chi connectivity index (χ0n) is 12.6. The van der Waals surface area contributed by atoms with Crippen LogP contribution >= 0.6 is 0 Å². The summed E-state index contributed by atoms with van der Waals surface area (Å²) in [5.74, 6) is -0.535. The fraction of sp³-hybridized carbons (Fsp3) is 0.312. The van der Waals surface area contributed by atoms with E-state index in [0.717, 1.165) is 11.1 Å². The summed E-state index contributed by atoms with van der Waals surface area (Å²) < 4.78 is 24.6. The lowest BCUT2D eigenvalue weighted by Crippen LogP contribution is -2.34. The third-order valence-corrected chi connectivity index (χ3v) is 5.03. The number of anilines is 1. The molecule has 0 saturated carbocycles. The van der Waals surface area contributed by atoms with Gasteiger partial charge in [0.2, 0.25) is 0 Å². The van der Waals surface area contributed by atoms with Crippen LogP contribution in [0, 0.1) is 5.82 Å². The van der Waals surface area contributed by atoms with E-state index in [0.29, 0.717) is 6.42 Å². The maximum absolute atomic E-state index is 13.4. The summed E-state index contributed by atoms with van der Waals surface area (Å²) in [4.78, 5) is 4.02. The highest BCUT2D eigenvalue weighted by atomic mass is 32.2. The molecule has 6 heteroatoms. The Labute approximate surface area is 132 Å². The van der Waals surface area contributed by atoms with Gasteiger partial charge in [-0.05, 0) is 55.7 Å². The Balaban J connectivity index is 2.46. The van der Waals surface area contributed by atoms with Crippen LogP contribution in [0.15, 0.2) is 42.7 Å². The molecule has 0 fully saturated rings. The quantitative estimate of drug-likeness (QED) is 0.831. The molecule has 0 aliphatic heterocycles. The van der Waals surface area contributed by atoms with Gasteiger partial charge in [0.25, 0.3) is 0 Å². The van der Waals surface area contributed by atoms with Crippen molar-refractivity contribution < 1.29 is 8.60 Å². The van der Waals surface area contributed by atoms with E-state index in [1.807, 2.05) is 26.0 Å². The number of rotatable bonds is 5. The molecule has 1 aromatic carbocycles. The van der Waals surface area contributed by atoms with E-state index >= 15 is 0 Å². The van der Waals surface area contributed by atoms with Gasteiger partial charge in [0.15, 0.2) is 0 Å². The number of pyridine rings is 1. The molecule has 0 aliphatic carbocycles. The van der Waals surface area contributed by atoms with E-state index in [2.05, 4.69) is 4.98 Å². The standard InChI is InChI=1S/C16H20FN3OS/c1-16(2,22(19)21)10-13(11-5-7-20-8-6-11)12-3-4-14(17)15(18)9-12/h3-9,13H,10,18-19H2,1-2H3/t13-,22?/m1/s1. The summed E-state index contributed by atoms with van der Waals surface area (Å²) in [6.07, 6.45) is 3.94. The predicted octanol–water partition coefficient (Wildman–Crippen LogP) is 2.73. The predicted molar refractivity (Wildman–Crippen MR) is 87.9 cm³/mol. The SMILES string of the molecule is CC(C)(C[C@H](c1ccncc1)c1ccc(F)c(N)c1)S(N)=O. The lowest BCUT2D eigenvalue weighted by atomic mass is 9.84. The minimum atomic E-state index is -1.47. The van der Waals surface area contributed by atoms with Crippen LogP contribution in [0.2, 0.25) is 0 Å². The van der Waals surface area contributed by atoms with Gasteiger partial charge in [-0.2, -0.15) is 0 Å². The molecular formula is C16H20FN3OS. The van der Waals surface area contributed by atoms with Crippen LogP contribution in [0.3, 0.4) is 0 Å². The maximum atomic E-state index is 13.4. The summed E-state index contributed by atoms with van der Waals surface area (Å²) in [6, 6.07) is 8.45. The van der Waals surface area contributed by atoms with Crippen molar-refractivity contribution >= 4 is 16.7 Å². The van der Waals surface area contributed by atoms with Gasteiger partial charge in [0.05, 0.1) is 21.4 Å². The lowest BCUT2D eigenvalue weighted by molar-refractivity contribution is 0.555. The van der Waals surface area contributed by atoms with Gasteiger partial charge in [-0.3, -0.25) is 10.1 Å². The number of halogens is 1. The Morgan fingerprint density at radius 3 is 2.41 bits per heavy atom. The van der Waals surface area contributed by atoms with Crippen molar-refractivity contribution in [2.45, 2.75) is 30.9 Å². The van der Waals surface area contributed by atoms with E-state index < -0.39 is 21.5 Å². The van der Waals surface area contributed by atoms with Crippen molar-refractivity contribution in [1.82, 2.24) is 4.98 Å². The molecule has 1 aromatic heterocycles. The Hall–Kier alpha value is -1.79. The molecule has 118 valence electrons. The van der Waals surface area contributed by atoms with Crippen LogP contribution < -0.4 is 10.9 Å². The number of benzene rings is 1. The van der Waals surface area contributed by atoms with Crippen molar-refractivity contribution in [3.05, 3.63) is 59.7 Å². The number of hydrogen-bond acceptors (Lipinski definition) is 3. The van der Waals surface area contributed by atoms with Crippen molar-refractivity contribution in [3.63, 3.8) is 0 Å². The van der Waals surface area contributed by atoms with Crippen LogP contribution in [-0.4, -0.2) is 13.9 Å². The third kappa shape index (κ3) is 3.69.